The highest BCUT2D eigenvalue weighted by atomic mass is 19.1. The number of halogens is 1. The topological polar surface area (TPSA) is 73.3 Å². The van der Waals surface area contributed by atoms with E-state index in [-0.39, 0.29) is 18.4 Å². The van der Waals surface area contributed by atoms with E-state index in [0.29, 0.717) is 23.6 Å². The molecule has 1 unspecified atom stereocenters. The molecule has 1 atom stereocenters. The molecule has 0 spiro atoms. The number of furan rings is 1. The monoisotopic (exact) mass is 328 g/mol. The Balaban J connectivity index is 2.12. The SMILES string of the molecule is CCNC(=NCc1cc(C#N)ccc1F)NC(C)c1ccc(C)o1. The molecule has 1 aromatic heterocycles. The third-order valence-corrected chi connectivity index (χ3v) is 3.47. The van der Waals surface area contributed by atoms with Crippen LogP contribution < -0.4 is 10.6 Å². The second-order valence-electron chi connectivity index (χ2n) is 5.43. The first-order valence-corrected chi connectivity index (χ1v) is 7.83. The highest BCUT2D eigenvalue weighted by Crippen LogP contribution is 2.15. The van der Waals surface area contributed by atoms with E-state index in [1.165, 1.54) is 18.2 Å². The summed E-state index contributed by atoms with van der Waals surface area (Å²) in [5.41, 5.74) is 0.798. The van der Waals surface area contributed by atoms with E-state index in [9.17, 15) is 4.39 Å². The molecule has 0 amide bonds. The Morgan fingerprint density at radius 1 is 1.38 bits per heavy atom. The fourth-order valence-electron chi connectivity index (χ4n) is 2.21. The van der Waals surface area contributed by atoms with Crippen molar-refractivity contribution in [2.24, 2.45) is 4.99 Å². The molecule has 0 aliphatic carbocycles. The van der Waals surface area contributed by atoms with Crippen LogP contribution in [0.5, 0.6) is 0 Å². The molecule has 2 N–H and O–H groups in total. The lowest BCUT2D eigenvalue weighted by Crippen LogP contribution is -2.38. The smallest absolute Gasteiger partial charge is 0.192 e. The Labute approximate surface area is 141 Å². The lowest BCUT2D eigenvalue weighted by molar-refractivity contribution is 0.441. The molecule has 5 nitrogen and oxygen atoms in total. The van der Waals surface area contributed by atoms with Crippen LogP contribution in [-0.2, 0) is 6.54 Å². The number of guanidine groups is 1. The molecule has 1 aromatic carbocycles. The molecule has 0 radical (unpaired) electrons. The molecule has 2 aromatic rings. The minimum absolute atomic E-state index is 0.0770. The third kappa shape index (κ3) is 4.59. The zero-order valence-corrected chi connectivity index (χ0v) is 14.1. The van der Waals surface area contributed by atoms with Crippen molar-refractivity contribution in [3.63, 3.8) is 0 Å². The minimum atomic E-state index is -0.372. The predicted octanol–water partition coefficient (Wildman–Crippen LogP) is 3.42. The lowest BCUT2D eigenvalue weighted by Gasteiger charge is -2.16. The molecule has 0 saturated heterocycles. The van der Waals surface area contributed by atoms with Gasteiger partial charge >= 0.3 is 0 Å². The van der Waals surface area contributed by atoms with Gasteiger partial charge < -0.3 is 15.1 Å². The van der Waals surface area contributed by atoms with E-state index in [1.54, 1.807) is 0 Å². The maximum atomic E-state index is 13.8. The molecular weight excluding hydrogens is 307 g/mol. The molecule has 0 aliphatic heterocycles. The van der Waals surface area contributed by atoms with E-state index in [1.807, 2.05) is 39.0 Å². The van der Waals surface area contributed by atoms with E-state index >= 15 is 0 Å². The second-order valence-corrected chi connectivity index (χ2v) is 5.43. The number of aliphatic imine (C=N–C) groups is 1. The zero-order valence-electron chi connectivity index (χ0n) is 14.1. The number of rotatable bonds is 5. The molecule has 0 bridgehead atoms. The molecule has 1 heterocycles. The van der Waals surface area contributed by atoms with Crippen LogP contribution in [0, 0.1) is 24.1 Å². The zero-order chi connectivity index (χ0) is 17.5. The number of aryl methyl sites for hydroxylation is 1. The van der Waals surface area contributed by atoms with Crippen LogP contribution in [0.3, 0.4) is 0 Å². The Hall–Kier alpha value is -2.81. The van der Waals surface area contributed by atoms with Gasteiger partial charge in [0.1, 0.15) is 17.3 Å². The number of nitriles is 1. The molecular formula is C18H21FN4O. The summed E-state index contributed by atoms with van der Waals surface area (Å²) in [6, 6.07) is 10.00. The van der Waals surface area contributed by atoms with Gasteiger partial charge in [-0.1, -0.05) is 0 Å². The van der Waals surface area contributed by atoms with Crippen molar-refractivity contribution in [2.75, 3.05) is 6.54 Å². The number of hydrogen-bond acceptors (Lipinski definition) is 3. The molecule has 0 saturated carbocycles. The molecule has 6 heteroatoms. The summed E-state index contributed by atoms with van der Waals surface area (Å²) in [7, 11) is 0. The van der Waals surface area contributed by atoms with E-state index in [0.717, 1.165) is 11.5 Å². The van der Waals surface area contributed by atoms with Crippen LogP contribution in [0.25, 0.3) is 0 Å². The van der Waals surface area contributed by atoms with Crippen LogP contribution in [0.15, 0.2) is 39.7 Å². The van der Waals surface area contributed by atoms with E-state index in [4.69, 9.17) is 9.68 Å². The van der Waals surface area contributed by atoms with Gasteiger partial charge in [0.25, 0.3) is 0 Å². The first-order chi connectivity index (χ1) is 11.5. The van der Waals surface area contributed by atoms with Gasteiger partial charge in [0, 0.05) is 12.1 Å². The number of nitrogens with one attached hydrogen (secondary N) is 2. The summed E-state index contributed by atoms with van der Waals surface area (Å²) in [5, 5.41) is 15.3. The number of nitrogens with zero attached hydrogens (tertiary/aromatic N) is 2. The Kier molecular flexibility index (Phi) is 5.96. The molecule has 0 aliphatic rings. The van der Waals surface area contributed by atoms with E-state index in [2.05, 4.69) is 15.6 Å². The van der Waals surface area contributed by atoms with Gasteiger partial charge in [0.05, 0.1) is 24.2 Å². The summed E-state index contributed by atoms with van der Waals surface area (Å²) in [6.07, 6.45) is 0. The maximum absolute atomic E-state index is 13.8. The quantitative estimate of drug-likeness (QED) is 0.651. The summed E-state index contributed by atoms with van der Waals surface area (Å²) >= 11 is 0. The maximum Gasteiger partial charge on any atom is 0.192 e. The van der Waals surface area contributed by atoms with Gasteiger partial charge in [0.2, 0.25) is 0 Å². The number of benzene rings is 1. The average Bonchev–Trinajstić information content (AvgIpc) is 3.00. The van der Waals surface area contributed by atoms with E-state index < -0.39 is 0 Å². The van der Waals surface area contributed by atoms with Crippen molar-refractivity contribution >= 4 is 5.96 Å². The fourth-order valence-corrected chi connectivity index (χ4v) is 2.21. The van der Waals surface area contributed by atoms with Crippen molar-refractivity contribution in [1.82, 2.24) is 10.6 Å². The summed E-state index contributed by atoms with van der Waals surface area (Å²) in [6.45, 7) is 6.62. The van der Waals surface area contributed by atoms with Crippen molar-refractivity contribution in [3.05, 3.63) is 58.8 Å². The Bertz CT molecular complexity index is 761. The van der Waals surface area contributed by atoms with Crippen LogP contribution in [0.4, 0.5) is 4.39 Å². The first kappa shape index (κ1) is 17.5. The second kappa shape index (κ2) is 8.16. The third-order valence-electron chi connectivity index (χ3n) is 3.47. The molecule has 126 valence electrons. The van der Waals surface area contributed by atoms with Crippen molar-refractivity contribution in [3.8, 4) is 6.07 Å². The standard InChI is InChI=1S/C18H21FN4O/c1-4-21-18(23-13(3)17-8-5-12(2)24-17)22-11-15-9-14(10-20)6-7-16(15)19/h5-9,13H,4,11H2,1-3H3,(H2,21,22,23). The highest BCUT2D eigenvalue weighted by Gasteiger charge is 2.11. The fraction of sp³-hybridized carbons (Fsp3) is 0.333. The Morgan fingerprint density at radius 2 is 2.17 bits per heavy atom. The van der Waals surface area contributed by atoms with Crippen LogP contribution in [-0.4, -0.2) is 12.5 Å². The van der Waals surface area contributed by atoms with Gasteiger partial charge in [-0.3, -0.25) is 0 Å². The first-order valence-electron chi connectivity index (χ1n) is 7.83. The minimum Gasteiger partial charge on any atom is -0.464 e. The highest BCUT2D eigenvalue weighted by molar-refractivity contribution is 5.80. The Morgan fingerprint density at radius 3 is 2.79 bits per heavy atom. The van der Waals surface area contributed by atoms with Gasteiger partial charge in [-0.15, -0.1) is 0 Å². The summed E-state index contributed by atoms with van der Waals surface area (Å²) < 4.78 is 19.4. The largest absolute Gasteiger partial charge is 0.464 e. The van der Waals surface area contributed by atoms with Crippen LogP contribution >= 0.6 is 0 Å². The summed E-state index contributed by atoms with van der Waals surface area (Å²) in [4.78, 5) is 4.40. The lowest BCUT2D eigenvalue weighted by atomic mass is 10.1. The molecule has 0 fully saturated rings. The van der Waals surface area contributed by atoms with Gasteiger partial charge in [-0.25, -0.2) is 9.38 Å². The van der Waals surface area contributed by atoms with Crippen LogP contribution in [0.1, 0.15) is 42.5 Å². The normalized spacial score (nSPS) is 12.5. The van der Waals surface area contributed by atoms with Gasteiger partial charge in [-0.05, 0) is 51.1 Å². The average molecular weight is 328 g/mol. The molecule has 24 heavy (non-hydrogen) atoms. The van der Waals surface area contributed by atoms with Crippen molar-refractivity contribution in [2.45, 2.75) is 33.4 Å². The summed E-state index contributed by atoms with van der Waals surface area (Å²) in [5.74, 6) is 1.83. The predicted molar refractivity (Wildman–Crippen MR) is 90.9 cm³/mol. The van der Waals surface area contributed by atoms with Crippen molar-refractivity contribution < 1.29 is 8.81 Å². The van der Waals surface area contributed by atoms with Gasteiger partial charge in [-0.2, -0.15) is 5.26 Å². The van der Waals surface area contributed by atoms with Gasteiger partial charge in [0.15, 0.2) is 5.96 Å². The number of hydrogen-bond donors (Lipinski definition) is 2. The van der Waals surface area contributed by atoms with Crippen LogP contribution in [0.2, 0.25) is 0 Å². The molecule has 2 rings (SSSR count). The van der Waals surface area contributed by atoms with Crippen molar-refractivity contribution in [1.29, 1.82) is 5.26 Å².